The number of fused-ring (bicyclic) bond motifs is 1. The van der Waals surface area contributed by atoms with E-state index in [1.54, 1.807) is 12.1 Å². The lowest BCUT2D eigenvalue weighted by Crippen LogP contribution is -2.05. The van der Waals surface area contributed by atoms with Crippen molar-refractivity contribution < 1.29 is 23.4 Å². The largest absolute Gasteiger partial charge is 0.454 e. The Bertz CT molecular complexity index is 906. The smallest absolute Gasteiger partial charge is 0.363 e. The number of carbonyl (C=O) groups excluding carboxylic acids is 1. The Hall–Kier alpha value is -2.86. The summed E-state index contributed by atoms with van der Waals surface area (Å²) in [4.78, 5) is 16.1. The van der Waals surface area contributed by atoms with E-state index in [2.05, 4.69) is 4.99 Å². The van der Waals surface area contributed by atoms with Gasteiger partial charge in [-0.15, -0.1) is 0 Å². The zero-order valence-corrected chi connectivity index (χ0v) is 12.8. The highest BCUT2D eigenvalue weighted by Gasteiger charge is 2.25. The van der Waals surface area contributed by atoms with Gasteiger partial charge in [0.25, 0.3) is 0 Å². The summed E-state index contributed by atoms with van der Waals surface area (Å²) >= 11 is 6.18. The molecule has 0 unspecified atom stereocenters. The fourth-order valence-corrected chi connectivity index (χ4v) is 2.52. The van der Waals surface area contributed by atoms with Crippen molar-refractivity contribution in [3.63, 3.8) is 0 Å². The van der Waals surface area contributed by atoms with Crippen LogP contribution in [0.4, 0.5) is 4.39 Å². The van der Waals surface area contributed by atoms with Gasteiger partial charge in [0.15, 0.2) is 17.2 Å². The first-order chi connectivity index (χ1) is 11.6. The number of rotatable bonds is 2. The van der Waals surface area contributed by atoms with Gasteiger partial charge in [-0.25, -0.2) is 14.2 Å². The molecule has 0 fully saturated rings. The maximum Gasteiger partial charge on any atom is 0.363 e. The molecule has 0 radical (unpaired) electrons. The number of ether oxygens (including phenoxy) is 3. The molecule has 7 heteroatoms. The Morgan fingerprint density at radius 1 is 1.12 bits per heavy atom. The van der Waals surface area contributed by atoms with E-state index >= 15 is 0 Å². The number of cyclic esters (lactones) is 1. The van der Waals surface area contributed by atoms with Crippen LogP contribution in [0.15, 0.2) is 47.1 Å². The maximum absolute atomic E-state index is 13.0. The molecule has 120 valence electrons. The Kier molecular flexibility index (Phi) is 3.46. The van der Waals surface area contributed by atoms with E-state index in [4.69, 9.17) is 25.8 Å². The monoisotopic (exact) mass is 345 g/mol. The molecule has 0 amide bonds. The molecular formula is C17H9ClFNO4. The first-order valence-corrected chi connectivity index (χ1v) is 7.35. The van der Waals surface area contributed by atoms with Gasteiger partial charge in [0.2, 0.25) is 12.7 Å². The molecule has 24 heavy (non-hydrogen) atoms. The van der Waals surface area contributed by atoms with Crippen LogP contribution in [0.2, 0.25) is 5.02 Å². The van der Waals surface area contributed by atoms with Gasteiger partial charge < -0.3 is 14.2 Å². The average molecular weight is 346 g/mol. The van der Waals surface area contributed by atoms with E-state index in [9.17, 15) is 9.18 Å². The first-order valence-electron chi connectivity index (χ1n) is 6.98. The highest BCUT2D eigenvalue weighted by Crippen LogP contribution is 2.37. The van der Waals surface area contributed by atoms with Crippen molar-refractivity contribution in [2.24, 2.45) is 4.99 Å². The van der Waals surface area contributed by atoms with Crippen molar-refractivity contribution in [2.75, 3.05) is 6.79 Å². The molecule has 2 aliphatic rings. The summed E-state index contributed by atoms with van der Waals surface area (Å²) in [6, 6.07) is 8.78. The summed E-state index contributed by atoms with van der Waals surface area (Å²) in [5, 5.41) is 0.394. The van der Waals surface area contributed by atoms with Crippen LogP contribution < -0.4 is 9.47 Å². The Morgan fingerprint density at radius 2 is 1.83 bits per heavy atom. The van der Waals surface area contributed by atoms with Crippen LogP contribution in [0, 0.1) is 5.82 Å². The van der Waals surface area contributed by atoms with E-state index in [-0.39, 0.29) is 24.2 Å². The predicted octanol–water partition coefficient (Wildman–Crippen LogP) is 3.55. The maximum atomic E-state index is 13.0. The highest BCUT2D eigenvalue weighted by molar-refractivity contribution is 6.32. The lowest BCUT2D eigenvalue weighted by Gasteiger charge is -2.01. The molecule has 0 atom stereocenters. The Morgan fingerprint density at radius 3 is 2.58 bits per heavy atom. The number of hydrogen-bond donors (Lipinski definition) is 0. The van der Waals surface area contributed by atoms with Gasteiger partial charge in [-0.2, -0.15) is 0 Å². The predicted molar refractivity (Wildman–Crippen MR) is 84.6 cm³/mol. The zero-order chi connectivity index (χ0) is 16.7. The minimum Gasteiger partial charge on any atom is -0.454 e. The number of halogens is 2. The number of esters is 1. The third kappa shape index (κ3) is 2.61. The molecule has 4 rings (SSSR count). The minimum atomic E-state index is -0.608. The van der Waals surface area contributed by atoms with Crippen LogP contribution in [0.1, 0.15) is 11.1 Å². The van der Waals surface area contributed by atoms with Crippen molar-refractivity contribution in [3.05, 3.63) is 64.1 Å². The SMILES string of the molecule is O=C1OC(c2ccc(F)cc2)=NC1=Cc1cc2c(cc1Cl)OCO2. The molecule has 0 aliphatic carbocycles. The van der Waals surface area contributed by atoms with Gasteiger partial charge in [0.05, 0.1) is 5.02 Å². The highest BCUT2D eigenvalue weighted by atomic mass is 35.5. The molecule has 2 aromatic rings. The van der Waals surface area contributed by atoms with Gasteiger partial charge in [0.1, 0.15) is 5.82 Å². The molecule has 0 bridgehead atoms. The average Bonchev–Trinajstić information content (AvgIpc) is 3.15. The van der Waals surface area contributed by atoms with E-state index in [1.165, 1.54) is 30.3 Å². The van der Waals surface area contributed by atoms with E-state index < -0.39 is 5.97 Å². The summed E-state index contributed by atoms with van der Waals surface area (Å²) in [5.41, 5.74) is 1.15. The molecule has 2 aromatic carbocycles. The first kappa shape index (κ1) is 14.7. The normalized spacial score (nSPS) is 17.2. The molecular weight excluding hydrogens is 337 g/mol. The second-order valence-corrected chi connectivity index (χ2v) is 5.48. The van der Waals surface area contributed by atoms with Gasteiger partial charge >= 0.3 is 5.97 Å². The lowest BCUT2D eigenvalue weighted by molar-refractivity contribution is -0.129. The van der Waals surface area contributed by atoms with Crippen LogP contribution >= 0.6 is 11.6 Å². The fraction of sp³-hybridized carbons (Fsp3) is 0.0588. The van der Waals surface area contributed by atoms with Gasteiger partial charge in [-0.3, -0.25) is 0 Å². The van der Waals surface area contributed by atoms with Crippen molar-refractivity contribution >= 4 is 29.5 Å². The van der Waals surface area contributed by atoms with Crippen molar-refractivity contribution in [2.45, 2.75) is 0 Å². The number of aliphatic imine (C=N–C) groups is 1. The van der Waals surface area contributed by atoms with E-state index in [1.807, 2.05) is 0 Å². The molecule has 2 heterocycles. The van der Waals surface area contributed by atoms with Gasteiger partial charge in [-0.1, -0.05) is 11.6 Å². The lowest BCUT2D eigenvalue weighted by atomic mass is 10.1. The summed E-state index contributed by atoms with van der Waals surface area (Å²) in [7, 11) is 0. The third-order valence-corrected chi connectivity index (χ3v) is 3.82. The fourth-order valence-electron chi connectivity index (χ4n) is 2.32. The second-order valence-electron chi connectivity index (χ2n) is 5.07. The summed E-state index contributed by atoms with van der Waals surface area (Å²) in [5.74, 6) is 0.213. The van der Waals surface area contributed by atoms with Crippen LogP contribution in [0.25, 0.3) is 6.08 Å². The van der Waals surface area contributed by atoms with Crippen molar-refractivity contribution in [3.8, 4) is 11.5 Å². The third-order valence-electron chi connectivity index (χ3n) is 3.50. The molecule has 0 saturated carbocycles. The van der Waals surface area contributed by atoms with E-state index in [0.717, 1.165) is 0 Å². The Balaban J connectivity index is 1.70. The molecule has 5 nitrogen and oxygen atoms in total. The van der Waals surface area contributed by atoms with E-state index in [0.29, 0.717) is 27.6 Å². The number of carbonyl (C=O) groups is 1. The number of hydrogen-bond acceptors (Lipinski definition) is 5. The van der Waals surface area contributed by atoms with Crippen LogP contribution in [-0.2, 0) is 9.53 Å². The van der Waals surface area contributed by atoms with Crippen molar-refractivity contribution in [1.29, 1.82) is 0 Å². The van der Waals surface area contributed by atoms with Gasteiger partial charge in [-0.05, 0) is 42.0 Å². The number of benzene rings is 2. The summed E-state index contributed by atoms with van der Waals surface area (Å²) in [6.45, 7) is 0.126. The molecule has 0 aromatic heterocycles. The van der Waals surface area contributed by atoms with Gasteiger partial charge in [0, 0.05) is 11.6 Å². The van der Waals surface area contributed by atoms with Crippen molar-refractivity contribution in [1.82, 2.24) is 0 Å². The molecule has 2 aliphatic heterocycles. The molecule has 0 spiro atoms. The second kappa shape index (κ2) is 5.65. The standard InChI is InChI=1S/C17H9ClFNO4/c18-12-7-15-14(22-8-23-15)6-10(12)5-13-17(21)24-16(20-13)9-1-3-11(19)4-2-9/h1-7H,8H2. The molecule has 0 N–H and O–H groups in total. The molecule has 0 saturated heterocycles. The topological polar surface area (TPSA) is 57.1 Å². The van der Waals surface area contributed by atoms with Crippen LogP contribution in [0.5, 0.6) is 11.5 Å². The quantitative estimate of drug-likeness (QED) is 0.617. The zero-order valence-electron chi connectivity index (χ0n) is 12.1. The summed E-state index contributed by atoms with van der Waals surface area (Å²) < 4.78 is 28.6. The Labute approximate surface area is 140 Å². The van der Waals surface area contributed by atoms with Crippen LogP contribution in [0.3, 0.4) is 0 Å². The summed E-state index contributed by atoms with van der Waals surface area (Å²) in [6.07, 6.45) is 1.50. The number of nitrogens with zero attached hydrogens (tertiary/aromatic N) is 1. The van der Waals surface area contributed by atoms with Crippen LogP contribution in [-0.4, -0.2) is 18.7 Å². The minimum absolute atomic E-state index is 0.0927.